The Morgan fingerprint density at radius 3 is 2.11 bits per heavy atom. The summed E-state index contributed by atoms with van der Waals surface area (Å²) < 4.78 is 33.2. The molecule has 27 heavy (non-hydrogen) atoms. The molecule has 0 unspecified atom stereocenters. The molecule has 146 valence electrons. The highest BCUT2D eigenvalue weighted by molar-refractivity contribution is 7.89. The maximum absolute atomic E-state index is 12.8. The maximum Gasteiger partial charge on any atom is 0.337 e. The average Bonchev–Trinajstić information content (AvgIpc) is 2.59. The van der Waals surface area contributed by atoms with Crippen molar-refractivity contribution < 1.29 is 23.1 Å². The fourth-order valence-corrected chi connectivity index (χ4v) is 3.66. The Kier molecular flexibility index (Phi) is 6.41. The van der Waals surface area contributed by atoms with Gasteiger partial charge >= 0.3 is 5.97 Å². The van der Waals surface area contributed by atoms with E-state index in [1.807, 2.05) is 6.92 Å². The molecule has 0 heterocycles. The van der Waals surface area contributed by atoms with Crippen molar-refractivity contribution in [2.45, 2.75) is 50.3 Å². The molecule has 0 saturated carbocycles. The zero-order valence-corrected chi connectivity index (χ0v) is 16.7. The van der Waals surface area contributed by atoms with Crippen molar-refractivity contribution in [3.05, 3.63) is 65.7 Å². The molecule has 2 atom stereocenters. The lowest BCUT2D eigenvalue weighted by Crippen LogP contribution is -2.43. The van der Waals surface area contributed by atoms with Crippen LogP contribution in [0.25, 0.3) is 0 Å². The van der Waals surface area contributed by atoms with E-state index in [2.05, 4.69) is 4.72 Å². The van der Waals surface area contributed by atoms with Gasteiger partial charge in [-0.25, -0.2) is 17.9 Å². The zero-order chi connectivity index (χ0) is 20.2. The minimum Gasteiger partial charge on any atom is -0.458 e. The van der Waals surface area contributed by atoms with E-state index in [1.54, 1.807) is 63.2 Å². The van der Waals surface area contributed by atoms with Gasteiger partial charge in [0.15, 0.2) is 6.10 Å². The third-order valence-electron chi connectivity index (χ3n) is 3.74. The second kappa shape index (κ2) is 8.21. The molecule has 2 rings (SSSR count). The molecule has 0 aliphatic rings. The van der Waals surface area contributed by atoms with Crippen LogP contribution in [-0.4, -0.2) is 31.2 Å². The number of carbonyl (C=O) groups is 1. The highest BCUT2D eigenvalue weighted by Crippen LogP contribution is 2.23. The van der Waals surface area contributed by atoms with Gasteiger partial charge in [0.2, 0.25) is 10.0 Å². The monoisotopic (exact) mass is 391 g/mol. The van der Waals surface area contributed by atoms with E-state index in [4.69, 9.17) is 4.74 Å². The van der Waals surface area contributed by atoms with E-state index in [1.165, 1.54) is 12.1 Å². The molecule has 6 nitrogen and oxygen atoms in total. The van der Waals surface area contributed by atoms with E-state index >= 15 is 0 Å². The van der Waals surface area contributed by atoms with Crippen LogP contribution in [0.2, 0.25) is 0 Å². The Hall–Kier alpha value is -2.22. The van der Waals surface area contributed by atoms with E-state index < -0.39 is 33.7 Å². The molecule has 0 fully saturated rings. The van der Waals surface area contributed by atoms with Crippen LogP contribution in [0.1, 0.15) is 37.9 Å². The van der Waals surface area contributed by atoms with Crippen molar-refractivity contribution in [2.75, 3.05) is 0 Å². The van der Waals surface area contributed by atoms with E-state index in [-0.39, 0.29) is 4.90 Å². The number of rotatable bonds is 6. The van der Waals surface area contributed by atoms with Gasteiger partial charge < -0.3 is 9.84 Å². The Labute approximate surface area is 160 Å². The number of esters is 1. The van der Waals surface area contributed by atoms with E-state index in [9.17, 15) is 18.3 Å². The van der Waals surface area contributed by atoms with Crippen LogP contribution >= 0.6 is 0 Å². The first kappa shape index (κ1) is 21.1. The summed E-state index contributed by atoms with van der Waals surface area (Å²) in [6, 6.07) is 13.5. The Bertz CT molecular complexity index is 871. The lowest BCUT2D eigenvalue weighted by Gasteiger charge is -2.27. The number of hydrogen-bond donors (Lipinski definition) is 2. The van der Waals surface area contributed by atoms with Gasteiger partial charge in [-0.1, -0.05) is 48.0 Å². The van der Waals surface area contributed by atoms with Crippen molar-refractivity contribution in [1.82, 2.24) is 4.72 Å². The van der Waals surface area contributed by atoms with Crippen LogP contribution in [0.15, 0.2) is 59.5 Å². The third-order valence-corrected chi connectivity index (χ3v) is 5.19. The Morgan fingerprint density at radius 2 is 1.59 bits per heavy atom. The summed E-state index contributed by atoms with van der Waals surface area (Å²) in [6.45, 7) is 6.87. The Morgan fingerprint density at radius 1 is 1.04 bits per heavy atom. The van der Waals surface area contributed by atoms with Gasteiger partial charge in [0.1, 0.15) is 5.60 Å². The number of aryl methyl sites for hydroxylation is 1. The number of sulfonamides is 1. The zero-order valence-electron chi connectivity index (χ0n) is 15.8. The topological polar surface area (TPSA) is 92.7 Å². The summed E-state index contributed by atoms with van der Waals surface area (Å²) in [6.07, 6.45) is -1.70. The summed E-state index contributed by atoms with van der Waals surface area (Å²) in [7, 11) is -3.96. The molecule has 0 aliphatic heterocycles. The fraction of sp³-hybridized carbons (Fsp3) is 0.350. The number of ether oxygens (including phenoxy) is 1. The van der Waals surface area contributed by atoms with Gasteiger partial charge in [0.25, 0.3) is 0 Å². The first-order valence-electron chi connectivity index (χ1n) is 8.54. The summed E-state index contributed by atoms with van der Waals surface area (Å²) in [5, 5.41) is 10.5. The molecule has 7 heteroatoms. The molecule has 2 aromatic rings. The molecule has 2 N–H and O–H groups in total. The van der Waals surface area contributed by atoms with Gasteiger partial charge in [0.05, 0.1) is 10.9 Å². The largest absolute Gasteiger partial charge is 0.458 e. The molecule has 2 aromatic carbocycles. The van der Waals surface area contributed by atoms with Crippen molar-refractivity contribution in [1.29, 1.82) is 0 Å². The third kappa shape index (κ3) is 5.89. The molecule has 0 bridgehead atoms. The molecule has 0 spiro atoms. The van der Waals surface area contributed by atoms with Crippen molar-refractivity contribution in [3.63, 3.8) is 0 Å². The summed E-state index contributed by atoms with van der Waals surface area (Å²) in [5.74, 6) is -0.900. The summed E-state index contributed by atoms with van der Waals surface area (Å²) >= 11 is 0. The number of carbonyl (C=O) groups excluding carboxylic acids is 1. The van der Waals surface area contributed by atoms with Gasteiger partial charge in [0, 0.05) is 0 Å². The van der Waals surface area contributed by atoms with E-state index in [0.29, 0.717) is 5.56 Å². The van der Waals surface area contributed by atoms with Crippen molar-refractivity contribution >= 4 is 16.0 Å². The van der Waals surface area contributed by atoms with Gasteiger partial charge in [-0.3, -0.25) is 0 Å². The molecule has 0 saturated heterocycles. The number of hydrogen-bond acceptors (Lipinski definition) is 5. The number of nitrogens with one attached hydrogen (secondary N) is 1. The summed E-state index contributed by atoms with van der Waals surface area (Å²) in [5.41, 5.74) is 0.559. The quantitative estimate of drug-likeness (QED) is 0.739. The van der Waals surface area contributed by atoms with Crippen LogP contribution in [0, 0.1) is 6.92 Å². The van der Waals surface area contributed by atoms with Crippen LogP contribution in [0.3, 0.4) is 0 Å². The SMILES string of the molecule is Cc1ccc(S(=O)(=O)N[C@H](c2ccccc2)[C@H](O)C(=O)OC(C)(C)C)cc1. The average molecular weight is 391 g/mol. The molecular formula is C20H25NO5S. The van der Waals surface area contributed by atoms with Gasteiger partial charge in [-0.05, 0) is 45.4 Å². The molecule has 0 radical (unpaired) electrons. The van der Waals surface area contributed by atoms with Crippen molar-refractivity contribution in [2.24, 2.45) is 0 Å². The number of aliphatic hydroxyl groups is 1. The van der Waals surface area contributed by atoms with Crippen LogP contribution in [-0.2, 0) is 19.6 Å². The predicted molar refractivity (Wildman–Crippen MR) is 103 cm³/mol. The lowest BCUT2D eigenvalue weighted by molar-refractivity contribution is -0.166. The van der Waals surface area contributed by atoms with Crippen molar-refractivity contribution in [3.8, 4) is 0 Å². The second-order valence-electron chi connectivity index (χ2n) is 7.30. The maximum atomic E-state index is 12.8. The standard InChI is InChI=1S/C20H25NO5S/c1-14-10-12-16(13-11-14)27(24,25)21-17(15-8-6-5-7-9-15)18(22)19(23)26-20(2,3)4/h5-13,17-18,21-22H,1-4H3/t17-,18+/m1/s1. The van der Waals surface area contributed by atoms with Crippen LogP contribution in [0.5, 0.6) is 0 Å². The second-order valence-corrected chi connectivity index (χ2v) is 9.01. The number of aliphatic hydroxyl groups excluding tert-OH is 1. The minimum absolute atomic E-state index is 0.0467. The highest BCUT2D eigenvalue weighted by Gasteiger charge is 2.34. The lowest BCUT2D eigenvalue weighted by atomic mass is 10.0. The first-order chi connectivity index (χ1) is 12.5. The molecular weight excluding hydrogens is 366 g/mol. The Balaban J connectivity index is 2.36. The first-order valence-corrected chi connectivity index (χ1v) is 10.0. The normalized spacial score (nSPS) is 14.4. The minimum atomic E-state index is -3.96. The summed E-state index contributed by atoms with van der Waals surface area (Å²) in [4.78, 5) is 12.4. The molecule has 0 amide bonds. The highest BCUT2D eigenvalue weighted by atomic mass is 32.2. The smallest absolute Gasteiger partial charge is 0.337 e. The predicted octanol–water partition coefficient (Wildman–Crippen LogP) is 2.72. The van der Waals surface area contributed by atoms with Gasteiger partial charge in [-0.15, -0.1) is 0 Å². The molecule has 0 aromatic heterocycles. The number of benzene rings is 2. The molecule has 0 aliphatic carbocycles. The van der Waals surface area contributed by atoms with Crippen LogP contribution in [0.4, 0.5) is 0 Å². The fourth-order valence-electron chi connectivity index (χ4n) is 2.43. The van der Waals surface area contributed by atoms with Gasteiger partial charge in [-0.2, -0.15) is 0 Å². The van der Waals surface area contributed by atoms with Crippen LogP contribution < -0.4 is 4.72 Å². The van der Waals surface area contributed by atoms with E-state index in [0.717, 1.165) is 5.56 Å².